The van der Waals surface area contributed by atoms with Crippen LogP contribution in [0.4, 0.5) is 5.69 Å². The lowest BCUT2D eigenvalue weighted by Gasteiger charge is -2.25. The molecule has 1 aliphatic rings. The SMILES string of the molecule is COc1ccc(OCCCCN(C)CCc2cc(OC)c(OC)c(OC)c2)c(C2Sc3ccccc3N2C(C)=O)c1.Cl. The van der Waals surface area contributed by atoms with Crippen molar-refractivity contribution in [1.82, 2.24) is 4.90 Å². The second-order valence-corrected chi connectivity index (χ2v) is 11.0. The minimum atomic E-state index is -0.212. The number of likely N-dealkylation sites (N-methyl/N-ethyl adjacent to an activating group) is 1. The van der Waals surface area contributed by atoms with Crippen LogP contribution in [0.3, 0.4) is 0 Å². The van der Waals surface area contributed by atoms with E-state index in [1.54, 1.807) is 47.1 Å². The van der Waals surface area contributed by atoms with Gasteiger partial charge in [0, 0.05) is 23.9 Å². The quantitative estimate of drug-likeness (QED) is 0.187. The Kier molecular flexibility index (Phi) is 12.5. The average Bonchev–Trinajstić information content (AvgIpc) is 3.39. The van der Waals surface area contributed by atoms with Gasteiger partial charge in [-0.25, -0.2) is 0 Å². The molecule has 3 aromatic carbocycles. The van der Waals surface area contributed by atoms with Crippen LogP contribution in [0.15, 0.2) is 59.5 Å². The van der Waals surface area contributed by atoms with Crippen molar-refractivity contribution < 1.29 is 28.5 Å². The van der Waals surface area contributed by atoms with E-state index < -0.39 is 0 Å². The summed E-state index contributed by atoms with van der Waals surface area (Å²) in [5, 5.41) is -0.212. The topological polar surface area (TPSA) is 69.7 Å². The van der Waals surface area contributed by atoms with Gasteiger partial charge in [0.15, 0.2) is 11.5 Å². The highest BCUT2D eigenvalue weighted by molar-refractivity contribution is 8.00. The van der Waals surface area contributed by atoms with Crippen LogP contribution in [0.1, 0.15) is 36.3 Å². The van der Waals surface area contributed by atoms with Crippen LogP contribution in [0.5, 0.6) is 28.7 Å². The van der Waals surface area contributed by atoms with E-state index in [2.05, 4.69) is 18.0 Å². The number of unbranched alkanes of at least 4 members (excludes halogenated alkanes) is 1. The number of carbonyl (C=O) groups is 1. The number of anilines is 1. The number of benzene rings is 3. The molecule has 3 aromatic rings. The molecular formula is C32H41ClN2O6S. The van der Waals surface area contributed by atoms with Gasteiger partial charge in [-0.1, -0.05) is 23.9 Å². The Labute approximate surface area is 259 Å². The van der Waals surface area contributed by atoms with Crippen LogP contribution in [-0.2, 0) is 11.2 Å². The number of nitrogens with zero attached hydrogens (tertiary/aromatic N) is 2. The van der Waals surface area contributed by atoms with Gasteiger partial charge < -0.3 is 28.6 Å². The van der Waals surface area contributed by atoms with Crippen LogP contribution in [-0.4, -0.2) is 66.0 Å². The molecule has 228 valence electrons. The van der Waals surface area contributed by atoms with Crippen LogP contribution in [0.2, 0.25) is 0 Å². The van der Waals surface area contributed by atoms with Crippen molar-refractivity contribution in [2.45, 2.75) is 36.5 Å². The second-order valence-electron chi connectivity index (χ2n) is 9.87. The lowest BCUT2D eigenvalue weighted by molar-refractivity contribution is -0.116. The Hall–Kier alpha value is -3.27. The molecular weight excluding hydrogens is 576 g/mol. The summed E-state index contributed by atoms with van der Waals surface area (Å²) < 4.78 is 28.2. The molecule has 0 bridgehead atoms. The molecule has 0 spiro atoms. The van der Waals surface area contributed by atoms with Crippen molar-refractivity contribution in [3.05, 3.63) is 65.7 Å². The first kappa shape index (κ1) is 33.2. The van der Waals surface area contributed by atoms with Gasteiger partial charge in [-0.05, 0) is 80.9 Å². The zero-order valence-corrected chi connectivity index (χ0v) is 26.8. The third-order valence-corrected chi connectivity index (χ3v) is 8.41. The molecule has 42 heavy (non-hydrogen) atoms. The van der Waals surface area contributed by atoms with Gasteiger partial charge in [0.2, 0.25) is 11.7 Å². The molecule has 1 aliphatic heterocycles. The molecule has 1 atom stereocenters. The molecule has 0 saturated heterocycles. The third kappa shape index (κ3) is 7.76. The molecule has 0 saturated carbocycles. The number of fused-ring (bicyclic) bond motifs is 1. The van der Waals surface area contributed by atoms with Gasteiger partial charge in [0.05, 0.1) is 40.7 Å². The number of ether oxygens (including phenoxy) is 5. The van der Waals surface area contributed by atoms with Crippen LogP contribution >= 0.6 is 24.2 Å². The van der Waals surface area contributed by atoms with Crippen molar-refractivity contribution in [3.8, 4) is 28.7 Å². The highest BCUT2D eigenvalue weighted by Gasteiger charge is 2.35. The zero-order chi connectivity index (χ0) is 29.4. The molecule has 0 aliphatic carbocycles. The number of thioether (sulfide) groups is 1. The summed E-state index contributed by atoms with van der Waals surface area (Å²) >= 11 is 1.66. The summed E-state index contributed by atoms with van der Waals surface area (Å²) in [5.41, 5.74) is 3.00. The number of hydrogen-bond donors (Lipinski definition) is 0. The molecule has 1 heterocycles. The maximum Gasteiger partial charge on any atom is 0.225 e. The van der Waals surface area contributed by atoms with Gasteiger partial charge >= 0.3 is 0 Å². The van der Waals surface area contributed by atoms with E-state index in [1.807, 2.05) is 53.4 Å². The van der Waals surface area contributed by atoms with Crippen molar-refractivity contribution in [1.29, 1.82) is 0 Å². The van der Waals surface area contributed by atoms with Gasteiger partial charge in [0.25, 0.3) is 0 Å². The highest BCUT2D eigenvalue weighted by atomic mass is 35.5. The largest absolute Gasteiger partial charge is 0.497 e. The van der Waals surface area contributed by atoms with Crippen molar-refractivity contribution in [3.63, 3.8) is 0 Å². The number of rotatable bonds is 14. The summed E-state index contributed by atoms with van der Waals surface area (Å²) in [6.45, 7) is 4.05. The molecule has 1 amide bonds. The molecule has 0 N–H and O–H groups in total. The Bertz CT molecular complexity index is 1320. The first-order valence-electron chi connectivity index (χ1n) is 13.7. The second kappa shape index (κ2) is 15.8. The lowest BCUT2D eigenvalue weighted by atomic mass is 10.1. The first-order valence-corrected chi connectivity index (χ1v) is 14.6. The fraction of sp³-hybridized carbons (Fsp3) is 0.406. The smallest absolute Gasteiger partial charge is 0.225 e. The van der Waals surface area contributed by atoms with E-state index in [1.165, 1.54) is 0 Å². The monoisotopic (exact) mass is 616 g/mol. The Balaban J connectivity index is 0.00000484. The third-order valence-electron chi connectivity index (χ3n) is 7.12. The minimum absolute atomic E-state index is 0. The Morgan fingerprint density at radius 3 is 2.24 bits per heavy atom. The van der Waals surface area contributed by atoms with Gasteiger partial charge in [0.1, 0.15) is 16.9 Å². The lowest BCUT2D eigenvalue weighted by Crippen LogP contribution is -2.28. The maximum atomic E-state index is 12.7. The number of hydrogen-bond acceptors (Lipinski definition) is 8. The summed E-state index contributed by atoms with van der Waals surface area (Å²) in [5.74, 6) is 3.46. The average molecular weight is 617 g/mol. The molecule has 8 nitrogen and oxygen atoms in total. The van der Waals surface area contributed by atoms with E-state index in [0.29, 0.717) is 23.9 Å². The van der Waals surface area contributed by atoms with E-state index in [9.17, 15) is 4.79 Å². The summed E-state index contributed by atoms with van der Waals surface area (Å²) in [4.78, 5) is 17.9. The summed E-state index contributed by atoms with van der Waals surface area (Å²) in [7, 11) is 8.66. The zero-order valence-electron chi connectivity index (χ0n) is 25.2. The first-order chi connectivity index (χ1) is 19.9. The molecule has 0 aromatic heterocycles. The summed E-state index contributed by atoms with van der Waals surface area (Å²) in [6.07, 6.45) is 2.78. The predicted molar refractivity (Wildman–Crippen MR) is 170 cm³/mol. The fourth-order valence-corrected chi connectivity index (χ4v) is 6.31. The number of carbonyl (C=O) groups excluding carboxylic acids is 1. The number of methoxy groups -OCH3 is 4. The van der Waals surface area contributed by atoms with Gasteiger partial charge in [-0.2, -0.15) is 0 Å². The molecule has 10 heteroatoms. The van der Waals surface area contributed by atoms with E-state index in [-0.39, 0.29) is 23.7 Å². The standard InChI is InChI=1S/C32H40N2O6S.ClH/c1-22(35)34-26-11-7-8-12-30(26)41-32(34)25-21-24(36-3)13-14-27(25)40-18-10-9-16-33(2)17-15-23-19-28(37-4)31(39-6)29(20-23)38-5;/h7-8,11-14,19-21,32H,9-10,15-18H2,1-6H3;1H. The van der Waals surface area contributed by atoms with Crippen LogP contribution < -0.4 is 28.6 Å². The summed E-state index contributed by atoms with van der Waals surface area (Å²) in [6, 6.07) is 17.8. The number of halogens is 1. The van der Waals surface area contributed by atoms with E-state index >= 15 is 0 Å². The van der Waals surface area contributed by atoms with Crippen LogP contribution in [0.25, 0.3) is 0 Å². The van der Waals surface area contributed by atoms with Gasteiger partial charge in [-0.3, -0.25) is 9.69 Å². The molecule has 0 fully saturated rings. The number of para-hydroxylation sites is 1. The van der Waals surface area contributed by atoms with Crippen LogP contribution in [0, 0.1) is 0 Å². The number of amides is 1. The Morgan fingerprint density at radius 2 is 1.60 bits per heavy atom. The van der Waals surface area contributed by atoms with Crippen molar-refractivity contribution >= 4 is 35.8 Å². The van der Waals surface area contributed by atoms with Crippen molar-refractivity contribution in [2.24, 2.45) is 0 Å². The minimum Gasteiger partial charge on any atom is -0.497 e. The molecule has 4 rings (SSSR count). The predicted octanol–water partition coefficient (Wildman–Crippen LogP) is 6.63. The highest BCUT2D eigenvalue weighted by Crippen LogP contribution is 2.53. The van der Waals surface area contributed by atoms with E-state index in [4.69, 9.17) is 23.7 Å². The Morgan fingerprint density at radius 1 is 0.881 bits per heavy atom. The molecule has 1 unspecified atom stereocenters. The maximum absolute atomic E-state index is 12.7. The molecule has 0 radical (unpaired) electrons. The van der Waals surface area contributed by atoms with Crippen molar-refractivity contribution in [2.75, 3.05) is 60.1 Å². The fourth-order valence-electron chi connectivity index (χ4n) is 4.95. The van der Waals surface area contributed by atoms with Gasteiger partial charge in [-0.15, -0.1) is 12.4 Å². The van der Waals surface area contributed by atoms with E-state index in [0.717, 1.165) is 65.6 Å². The normalized spacial score (nSPS) is 13.8.